The first-order valence-electron chi connectivity index (χ1n) is 4.16. The minimum absolute atomic E-state index is 0.184. The van der Waals surface area contributed by atoms with E-state index in [0.717, 1.165) is 0 Å². The maximum Gasteiger partial charge on any atom is 0.247 e. The highest BCUT2D eigenvalue weighted by Crippen LogP contribution is 2.15. The van der Waals surface area contributed by atoms with Gasteiger partial charge in [0.2, 0.25) is 5.91 Å². The Morgan fingerprint density at radius 2 is 2.29 bits per heavy atom. The van der Waals surface area contributed by atoms with E-state index < -0.39 is 0 Å². The number of hydrogen-bond donors (Lipinski definition) is 1. The van der Waals surface area contributed by atoms with E-state index in [2.05, 4.69) is 5.32 Å². The van der Waals surface area contributed by atoms with Gasteiger partial charge in [0, 0.05) is 12.1 Å². The third-order valence-electron chi connectivity index (χ3n) is 1.77. The van der Waals surface area contributed by atoms with Crippen LogP contribution in [0.4, 0.5) is 4.39 Å². The maximum atomic E-state index is 12.7. The highest BCUT2D eigenvalue weighted by Gasteiger charge is 2.12. The van der Waals surface area contributed by atoms with Gasteiger partial charge in [0.05, 0.1) is 6.54 Å². The van der Waals surface area contributed by atoms with Gasteiger partial charge in [0.15, 0.2) is 0 Å². The van der Waals surface area contributed by atoms with Gasteiger partial charge in [0.25, 0.3) is 0 Å². The van der Waals surface area contributed by atoms with E-state index in [1.807, 2.05) is 0 Å². The second-order valence-electron chi connectivity index (χ2n) is 2.89. The number of rotatable bonds is 2. The Morgan fingerprint density at radius 1 is 1.43 bits per heavy atom. The van der Waals surface area contributed by atoms with Crippen LogP contribution in [0.15, 0.2) is 36.1 Å². The first-order valence-corrected chi connectivity index (χ1v) is 4.16. The minimum atomic E-state index is -0.361. The molecule has 1 aliphatic heterocycles. The summed E-state index contributed by atoms with van der Waals surface area (Å²) in [6.07, 6.45) is 1.35. The summed E-state index contributed by atoms with van der Waals surface area (Å²) >= 11 is 0. The average Bonchev–Trinajstić information content (AvgIpc) is 2.51. The molecule has 0 atom stereocenters. The van der Waals surface area contributed by atoms with Crippen LogP contribution in [-0.4, -0.2) is 12.5 Å². The first kappa shape index (κ1) is 8.74. The van der Waals surface area contributed by atoms with Crippen molar-refractivity contribution >= 4 is 5.91 Å². The summed E-state index contributed by atoms with van der Waals surface area (Å²) in [4.78, 5) is 10.8. The zero-order valence-electron chi connectivity index (χ0n) is 7.29. The second kappa shape index (κ2) is 3.49. The average molecular weight is 193 g/mol. The topological polar surface area (TPSA) is 38.3 Å². The van der Waals surface area contributed by atoms with Gasteiger partial charge in [-0.25, -0.2) is 4.39 Å². The molecule has 0 bridgehead atoms. The van der Waals surface area contributed by atoms with Crippen molar-refractivity contribution in [3.8, 4) is 5.75 Å². The number of benzene rings is 1. The summed E-state index contributed by atoms with van der Waals surface area (Å²) in [6.45, 7) is 0.356. The molecule has 1 amide bonds. The Morgan fingerprint density at radius 3 is 2.93 bits per heavy atom. The molecule has 0 radical (unpaired) electrons. The molecule has 3 nitrogen and oxygen atoms in total. The summed E-state index contributed by atoms with van der Waals surface area (Å²) in [5, 5.41) is 2.55. The summed E-state index contributed by atoms with van der Waals surface area (Å²) in [6, 6.07) is 5.78. The molecule has 0 fully saturated rings. The lowest BCUT2D eigenvalue weighted by Crippen LogP contribution is -2.15. The summed E-state index contributed by atoms with van der Waals surface area (Å²) in [7, 11) is 0. The fourth-order valence-electron chi connectivity index (χ4n) is 1.17. The number of carbonyl (C=O) groups excluding carboxylic acids is 1. The minimum Gasteiger partial charge on any atom is -0.460 e. The largest absolute Gasteiger partial charge is 0.460 e. The van der Waals surface area contributed by atoms with Crippen LogP contribution >= 0.6 is 0 Å². The van der Waals surface area contributed by atoms with E-state index in [-0.39, 0.29) is 11.7 Å². The van der Waals surface area contributed by atoms with Crippen LogP contribution < -0.4 is 10.1 Å². The van der Waals surface area contributed by atoms with Gasteiger partial charge in [-0.15, -0.1) is 0 Å². The molecular formula is C10H8FNO2. The van der Waals surface area contributed by atoms with Crippen LogP contribution in [0.3, 0.4) is 0 Å². The number of halogens is 1. The van der Waals surface area contributed by atoms with Gasteiger partial charge in [-0.3, -0.25) is 4.79 Å². The molecule has 4 heteroatoms. The molecular weight excluding hydrogens is 185 g/mol. The fraction of sp³-hybridized carbons (Fsp3) is 0.100. The Balaban J connectivity index is 2.11. The monoisotopic (exact) mass is 193 g/mol. The van der Waals surface area contributed by atoms with Gasteiger partial charge < -0.3 is 10.1 Å². The van der Waals surface area contributed by atoms with E-state index in [1.54, 1.807) is 12.1 Å². The molecule has 1 aromatic rings. The molecule has 0 unspecified atom stereocenters. The van der Waals surface area contributed by atoms with Gasteiger partial charge >= 0.3 is 0 Å². The lowest BCUT2D eigenvalue weighted by atomic mass is 10.3. The second-order valence-corrected chi connectivity index (χ2v) is 2.89. The van der Waals surface area contributed by atoms with E-state index in [0.29, 0.717) is 18.1 Å². The van der Waals surface area contributed by atoms with Crippen molar-refractivity contribution in [2.24, 2.45) is 0 Å². The van der Waals surface area contributed by atoms with E-state index in [4.69, 9.17) is 4.74 Å². The van der Waals surface area contributed by atoms with Crippen LogP contribution in [-0.2, 0) is 4.79 Å². The van der Waals surface area contributed by atoms with Crippen molar-refractivity contribution < 1.29 is 13.9 Å². The third kappa shape index (κ3) is 1.90. The van der Waals surface area contributed by atoms with Crippen molar-refractivity contribution in [3.63, 3.8) is 0 Å². The normalized spacial score (nSPS) is 14.9. The third-order valence-corrected chi connectivity index (χ3v) is 1.77. The first-order chi connectivity index (χ1) is 6.74. The number of amides is 1. The summed E-state index contributed by atoms with van der Waals surface area (Å²) in [5.41, 5.74) is 0. The van der Waals surface area contributed by atoms with Crippen LogP contribution in [0.25, 0.3) is 0 Å². The van der Waals surface area contributed by atoms with Crippen LogP contribution in [0.1, 0.15) is 0 Å². The highest BCUT2D eigenvalue weighted by molar-refractivity contribution is 5.90. The molecule has 0 aromatic heterocycles. The SMILES string of the molecule is O=C1C=C(Oc2cccc(F)c2)CN1. The van der Waals surface area contributed by atoms with Gasteiger partial charge in [0.1, 0.15) is 17.3 Å². The molecule has 72 valence electrons. The Bertz CT molecular complexity index is 401. The standard InChI is InChI=1S/C10H8FNO2/c11-7-2-1-3-8(4-7)14-9-5-10(13)12-6-9/h1-5H,6H2,(H,12,13). The molecule has 1 heterocycles. The smallest absolute Gasteiger partial charge is 0.247 e. The van der Waals surface area contributed by atoms with Crippen molar-refractivity contribution in [1.29, 1.82) is 0 Å². The predicted octanol–water partition coefficient (Wildman–Crippen LogP) is 1.22. The van der Waals surface area contributed by atoms with Crippen molar-refractivity contribution in [2.45, 2.75) is 0 Å². The van der Waals surface area contributed by atoms with Crippen LogP contribution in [0, 0.1) is 5.82 Å². The maximum absolute atomic E-state index is 12.7. The number of hydrogen-bond acceptors (Lipinski definition) is 2. The van der Waals surface area contributed by atoms with E-state index in [9.17, 15) is 9.18 Å². The number of nitrogens with one attached hydrogen (secondary N) is 1. The molecule has 0 saturated heterocycles. The molecule has 1 aromatic carbocycles. The summed E-state index contributed by atoms with van der Waals surface area (Å²) < 4.78 is 18.0. The van der Waals surface area contributed by atoms with Crippen LogP contribution in [0.2, 0.25) is 0 Å². The molecule has 1 aliphatic rings. The predicted molar refractivity (Wildman–Crippen MR) is 48.1 cm³/mol. The molecule has 2 rings (SSSR count). The lowest BCUT2D eigenvalue weighted by molar-refractivity contribution is -0.115. The quantitative estimate of drug-likeness (QED) is 0.766. The van der Waals surface area contributed by atoms with E-state index in [1.165, 1.54) is 18.2 Å². The van der Waals surface area contributed by atoms with Crippen LogP contribution in [0.5, 0.6) is 5.75 Å². The number of ether oxygens (including phenoxy) is 1. The molecule has 0 aliphatic carbocycles. The van der Waals surface area contributed by atoms with Crippen molar-refractivity contribution in [2.75, 3.05) is 6.54 Å². The highest BCUT2D eigenvalue weighted by atomic mass is 19.1. The molecule has 0 saturated carbocycles. The van der Waals surface area contributed by atoms with Crippen molar-refractivity contribution in [3.05, 3.63) is 41.9 Å². The summed E-state index contributed by atoms with van der Waals surface area (Å²) in [5.74, 6) is 0.352. The molecule has 14 heavy (non-hydrogen) atoms. The Kier molecular flexibility index (Phi) is 2.18. The fourth-order valence-corrected chi connectivity index (χ4v) is 1.17. The number of carbonyl (C=O) groups is 1. The lowest BCUT2D eigenvalue weighted by Gasteiger charge is -2.04. The van der Waals surface area contributed by atoms with Gasteiger partial charge in [-0.2, -0.15) is 0 Å². The zero-order valence-corrected chi connectivity index (χ0v) is 7.29. The molecule has 0 spiro atoms. The van der Waals surface area contributed by atoms with Gasteiger partial charge in [-0.05, 0) is 12.1 Å². The Labute approximate surface area is 80.2 Å². The molecule has 1 N–H and O–H groups in total. The van der Waals surface area contributed by atoms with E-state index >= 15 is 0 Å². The zero-order chi connectivity index (χ0) is 9.97. The van der Waals surface area contributed by atoms with Crippen molar-refractivity contribution in [1.82, 2.24) is 5.32 Å². The van der Waals surface area contributed by atoms with Gasteiger partial charge in [-0.1, -0.05) is 6.07 Å². The Hall–Kier alpha value is -1.84.